The number of halogens is 1. The predicted octanol–water partition coefficient (Wildman–Crippen LogP) is 4.61. The van der Waals surface area contributed by atoms with Gasteiger partial charge >= 0.3 is 0 Å². The Labute approximate surface area is 197 Å². The van der Waals surface area contributed by atoms with Crippen molar-refractivity contribution in [3.8, 4) is 5.75 Å². The van der Waals surface area contributed by atoms with Crippen LogP contribution in [0.3, 0.4) is 0 Å². The van der Waals surface area contributed by atoms with E-state index in [4.69, 9.17) is 4.74 Å². The van der Waals surface area contributed by atoms with Gasteiger partial charge in [-0.3, -0.25) is 9.59 Å². The lowest BCUT2D eigenvalue weighted by Crippen LogP contribution is -2.32. The van der Waals surface area contributed by atoms with Crippen molar-refractivity contribution in [2.75, 3.05) is 27.2 Å². The van der Waals surface area contributed by atoms with Gasteiger partial charge in [0.05, 0.1) is 17.7 Å². The monoisotopic (exact) mass is 500 g/mol. The molecule has 0 aliphatic carbocycles. The summed E-state index contributed by atoms with van der Waals surface area (Å²) < 4.78 is 6.55. The molecule has 1 fully saturated rings. The lowest BCUT2D eigenvalue weighted by Gasteiger charge is -2.26. The number of ketones is 1. The first-order valence-electron chi connectivity index (χ1n) is 10.6. The standard InChI is InChI=1S/C25H29BrN2O4/c1-16(2)32-20-12-8-18(9-13-20)23(29)21-22(17-6-10-19(26)11-7-17)28(25(31)24(21)30)15-5-14-27(3)4/h6-13,16,22,29H,5,14-15H2,1-4H3. The highest BCUT2D eigenvalue weighted by Crippen LogP contribution is 2.40. The number of aliphatic hydroxyl groups excluding tert-OH is 1. The van der Waals surface area contributed by atoms with E-state index in [0.717, 1.165) is 16.6 Å². The Morgan fingerprint density at radius 1 is 1.09 bits per heavy atom. The molecule has 3 rings (SSSR count). The molecule has 170 valence electrons. The fraction of sp³-hybridized carbons (Fsp3) is 0.360. The molecule has 2 aromatic carbocycles. The SMILES string of the molecule is CC(C)Oc1ccc(C(O)=C2C(=O)C(=O)N(CCCN(C)C)C2c2ccc(Br)cc2)cc1. The fourth-order valence-corrected chi connectivity index (χ4v) is 4.04. The number of amides is 1. The molecule has 1 aliphatic rings. The van der Waals surface area contributed by atoms with Crippen LogP contribution in [0.15, 0.2) is 58.6 Å². The number of likely N-dealkylation sites (tertiary alicyclic amines) is 1. The number of ether oxygens (including phenoxy) is 1. The van der Waals surface area contributed by atoms with Crippen LogP contribution in [0.5, 0.6) is 5.75 Å². The summed E-state index contributed by atoms with van der Waals surface area (Å²) in [5.74, 6) is -0.756. The van der Waals surface area contributed by atoms with E-state index >= 15 is 0 Å². The molecular weight excluding hydrogens is 472 g/mol. The van der Waals surface area contributed by atoms with Crippen LogP contribution in [0, 0.1) is 0 Å². The molecule has 0 radical (unpaired) electrons. The Kier molecular flexibility index (Phi) is 7.74. The first kappa shape index (κ1) is 24.0. The summed E-state index contributed by atoms with van der Waals surface area (Å²) in [4.78, 5) is 29.6. The van der Waals surface area contributed by atoms with Crippen molar-refractivity contribution in [3.05, 3.63) is 69.7 Å². The minimum absolute atomic E-state index is 0.0272. The number of aliphatic hydroxyl groups is 1. The highest BCUT2D eigenvalue weighted by Gasteiger charge is 2.45. The first-order chi connectivity index (χ1) is 15.2. The van der Waals surface area contributed by atoms with E-state index in [1.165, 1.54) is 0 Å². The van der Waals surface area contributed by atoms with Crippen LogP contribution in [-0.2, 0) is 9.59 Å². The Morgan fingerprint density at radius 2 is 1.72 bits per heavy atom. The maximum absolute atomic E-state index is 13.0. The van der Waals surface area contributed by atoms with Crippen molar-refractivity contribution in [2.45, 2.75) is 32.4 Å². The molecule has 0 bridgehead atoms. The summed E-state index contributed by atoms with van der Waals surface area (Å²) >= 11 is 3.43. The van der Waals surface area contributed by atoms with E-state index in [1.807, 2.05) is 57.1 Å². The highest BCUT2D eigenvalue weighted by molar-refractivity contribution is 9.10. The number of Topliss-reactive ketones (excluding diaryl/α,β-unsaturated/α-hetero) is 1. The summed E-state index contributed by atoms with van der Waals surface area (Å²) in [6, 6.07) is 13.7. The van der Waals surface area contributed by atoms with Gasteiger partial charge in [0, 0.05) is 16.6 Å². The first-order valence-corrected chi connectivity index (χ1v) is 11.4. The molecule has 7 heteroatoms. The van der Waals surface area contributed by atoms with Crippen molar-refractivity contribution in [1.82, 2.24) is 9.80 Å². The Bertz CT molecular complexity index is 998. The summed E-state index contributed by atoms with van der Waals surface area (Å²) in [6.45, 7) is 5.07. The molecule has 0 saturated carbocycles. The summed E-state index contributed by atoms with van der Waals surface area (Å²) in [5, 5.41) is 11.1. The molecular formula is C25H29BrN2O4. The maximum Gasteiger partial charge on any atom is 0.295 e. The molecule has 32 heavy (non-hydrogen) atoms. The Hall–Kier alpha value is -2.64. The van der Waals surface area contributed by atoms with Gasteiger partial charge in [-0.2, -0.15) is 0 Å². The molecule has 1 saturated heterocycles. The molecule has 1 amide bonds. The number of benzene rings is 2. The Morgan fingerprint density at radius 3 is 2.28 bits per heavy atom. The quantitative estimate of drug-likeness (QED) is 0.325. The molecule has 1 unspecified atom stereocenters. The van der Waals surface area contributed by atoms with E-state index in [1.54, 1.807) is 29.2 Å². The third kappa shape index (κ3) is 5.40. The number of carbonyl (C=O) groups is 2. The number of hydrogen-bond donors (Lipinski definition) is 1. The number of hydrogen-bond acceptors (Lipinski definition) is 5. The third-order valence-electron chi connectivity index (χ3n) is 5.23. The molecule has 0 spiro atoms. The van der Waals surface area contributed by atoms with Crippen molar-refractivity contribution >= 4 is 33.4 Å². The summed E-state index contributed by atoms with van der Waals surface area (Å²) in [7, 11) is 3.93. The average molecular weight is 501 g/mol. The minimum atomic E-state index is -0.664. The number of carbonyl (C=O) groups excluding carboxylic acids is 2. The second-order valence-corrected chi connectivity index (χ2v) is 9.31. The molecule has 6 nitrogen and oxygen atoms in total. The van der Waals surface area contributed by atoms with Gasteiger partial charge < -0.3 is 19.6 Å². The van der Waals surface area contributed by atoms with E-state index in [2.05, 4.69) is 15.9 Å². The molecule has 1 aliphatic heterocycles. The number of rotatable bonds is 8. The summed E-state index contributed by atoms with van der Waals surface area (Å²) in [6.07, 6.45) is 0.744. The van der Waals surface area contributed by atoms with Crippen LogP contribution in [-0.4, -0.2) is 59.9 Å². The smallest absolute Gasteiger partial charge is 0.295 e. The molecule has 2 aromatic rings. The molecule has 1 atom stereocenters. The zero-order chi connectivity index (χ0) is 23.4. The molecule has 1 N–H and O–H groups in total. The average Bonchev–Trinajstić information content (AvgIpc) is 2.99. The third-order valence-corrected chi connectivity index (χ3v) is 5.76. The van der Waals surface area contributed by atoms with E-state index in [9.17, 15) is 14.7 Å². The zero-order valence-corrected chi connectivity index (χ0v) is 20.4. The van der Waals surface area contributed by atoms with Crippen molar-refractivity contribution in [3.63, 3.8) is 0 Å². The van der Waals surface area contributed by atoms with Gasteiger partial charge in [-0.25, -0.2) is 0 Å². The van der Waals surface area contributed by atoms with Crippen LogP contribution in [0.25, 0.3) is 5.76 Å². The van der Waals surface area contributed by atoms with Crippen molar-refractivity contribution in [2.24, 2.45) is 0 Å². The van der Waals surface area contributed by atoms with Gasteiger partial charge in [0.2, 0.25) is 0 Å². The van der Waals surface area contributed by atoms with E-state index in [-0.39, 0.29) is 17.4 Å². The van der Waals surface area contributed by atoms with Crippen LogP contribution >= 0.6 is 15.9 Å². The van der Waals surface area contributed by atoms with E-state index in [0.29, 0.717) is 24.3 Å². The van der Waals surface area contributed by atoms with Crippen LogP contribution in [0.4, 0.5) is 0 Å². The van der Waals surface area contributed by atoms with Crippen molar-refractivity contribution < 1.29 is 19.4 Å². The van der Waals surface area contributed by atoms with Crippen molar-refractivity contribution in [1.29, 1.82) is 0 Å². The lowest BCUT2D eigenvalue weighted by atomic mass is 9.95. The van der Waals surface area contributed by atoms with Gasteiger partial charge in [-0.15, -0.1) is 0 Å². The fourth-order valence-electron chi connectivity index (χ4n) is 3.78. The van der Waals surface area contributed by atoms with Gasteiger partial charge in [-0.1, -0.05) is 28.1 Å². The Balaban J connectivity index is 2.03. The van der Waals surface area contributed by atoms with E-state index < -0.39 is 17.7 Å². The van der Waals surface area contributed by atoms with Gasteiger partial charge in [0.15, 0.2) is 0 Å². The maximum atomic E-state index is 13.0. The normalized spacial score (nSPS) is 18.1. The predicted molar refractivity (Wildman–Crippen MR) is 129 cm³/mol. The zero-order valence-electron chi connectivity index (χ0n) is 18.8. The number of nitrogens with zero attached hydrogens (tertiary/aromatic N) is 2. The lowest BCUT2D eigenvalue weighted by molar-refractivity contribution is -0.139. The van der Waals surface area contributed by atoms with Crippen LogP contribution in [0.2, 0.25) is 0 Å². The van der Waals surface area contributed by atoms with Gasteiger partial charge in [-0.05, 0) is 82.9 Å². The molecule has 1 heterocycles. The van der Waals surface area contributed by atoms with Gasteiger partial charge in [0.1, 0.15) is 11.5 Å². The topological polar surface area (TPSA) is 70.1 Å². The summed E-state index contributed by atoms with van der Waals surface area (Å²) in [5.41, 5.74) is 1.35. The van der Waals surface area contributed by atoms with Gasteiger partial charge in [0.25, 0.3) is 11.7 Å². The van der Waals surface area contributed by atoms with Crippen LogP contribution < -0.4 is 4.74 Å². The second kappa shape index (κ2) is 10.3. The minimum Gasteiger partial charge on any atom is -0.507 e. The largest absolute Gasteiger partial charge is 0.507 e. The molecule has 0 aromatic heterocycles. The van der Waals surface area contributed by atoms with Crippen LogP contribution in [0.1, 0.15) is 37.4 Å². The second-order valence-electron chi connectivity index (χ2n) is 8.39. The highest BCUT2D eigenvalue weighted by atomic mass is 79.9.